The van der Waals surface area contributed by atoms with Crippen LogP contribution in [0, 0.1) is 0 Å². The van der Waals surface area contributed by atoms with Crippen LogP contribution in [0.25, 0.3) is 21.5 Å². The molecule has 0 N–H and O–H groups in total. The molecule has 4 aromatic rings. The SMILES string of the molecule is CCCCCCCCCCCCCCCCCCc1cc(CCCCCCCCCCCCCCCCCC)c2ccc(S(=O)(=O)[O-])cc2c1.CCCCCCCCCCCCCCCCCCc1cc(CCCCCCCCCCCCCCCCCC)c2ccc(S(=O)(=O)[O-])cc2c1.[Ba+2]. The fraction of sp³-hybridized carbons (Fsp3) is 0.783. The number of unbranched alkanes of at least 4 members (excludes halogenated alkanes) is 60. The first-order valence-electron chi connectivity index (χ1n) is 43.9. The van der Waals surface area contributed by atoms with Gasteiger partial charge in [-0.25, -0.2) is 16.8 Å². The van der Waals surface area contributed by atoms with Gasteiger partial charge >= 0.3 is 48.9 Å². The van der Waals surface area contributed by atoms with E-state index in [1.807, 2.05) is 12.1 Å². The summed E-state index contributed by atoms with van der Waals surface area (Å²) in [6.45, 7) is 9.15. The molecule has 4 rings (SSSR count). The number of hydrogen-bond acceptors (Lipinski definition) is 6. The molecule has 0 heterocycles. The third-order valence-corrected chi connectivity index (χ3v) is 23.6. The van der Waals surface area contributed by atoms with Crippen molar-refractivity contribution in [1.82, 2.24) is 0 Å². The van der Waals surface area contributed by atoms with E-state index in [4.69, 9.17) is 0 Å². The summed E-state index contributed by atoms with van der Waals surface area (Å²) in [5.41, 5.74) is 5.20. The molecule has 576 valence electrons. The molecule has 0 aliphatic rings. The third kappa shape index (κ3) is 52.5. The predicted octanol–water partition coefficient (Wildman–Crippen LogP) is 30.3. The molecule has 0 unspecified atom stereocenters. The fourth-order valence-corrected chi connectivity index (χ4v) is 16.5. The van der Waals surface area contributed by atoms with Gasteiger partial charge in [-0.15, -0.1) is 0 Å². The Morgan fingerprint density at radius 2 is 0.386 bits per heavy atom. The molecule has 0 saturated carbocycles. The second kappa shape index (κ2) is 67.0. The van der Waals surface area contributed by atoms with Gasteiger partial charge in [-0.3, -0.25) is 0 Å². The maximum atomic E-state index is 11.8. The van der Waals surface area contributed by atoms with Crippen LogP contribution in [0.5, 0.6) is 0 Å². The average Bonchev–Trinajstić information content (AvgIpc) is 0.801. The molecule has 0 amide bonds. The van der Waals surface area contributed by atoms with Crippen molar-refractivity contribution in [2.45, 2.75) is 474 Å². The zero-order chi connectivity index (χ0) is 71.9. The van der Waals surface area contributed by atoms with Crippen LogP contribution >= 0.6 is 0 Å². The van der Waals surface area contributed by atoms with Crippen molar-refractivity contribution >= 4 is 90.7 Å². The van der Waals surface area contributed by atoms with E-state index >= 15 is 0 Å². The summed E-state index contributed by atoms with van der Waals surface area (Å²) in [6.07, 6.45) is 91.8. The molecule has 0 saturated heterocycles. The molecule has 4 aromatic carbocycles. The molecule has 0 spiro atoms. The first-order valence-corrected chi connectivity index (χ1v) is 46.8. The van der Waals surface area contributed by atoms with E-state index < -0.39 is 20.2 Å². The Bertz CT molecular complexity index is 2570. The standard InChI is InChI=1S/2C46H80O3S.Ba/c2*1-3-5-7-9-11-13-15-17-19-21-23-25-27-29-31-33-35-42-39-43(46-38-37-45(50(47,48)49)41-44(46)40-42)36-34-32-30-28-26-24-22-20-18-16-14-12-10-8-6-4-2;/h2*37-41H,3-36H2,1-2H3,(H,47,48,49);/q;;+2/p-2. The Morgan fingerprint density at radius 1 is 0.218 bits per heavy atom. The minimum absolute atomic E-state index is 0. The number of benzene rings is 4. The van der Waals surface area contributed by atoms with Crippen molar-refractivity contribution in [1.29, 1.82) is 0 Å². The van der Waals surface area contributed by atoms with E-state index in [1.54, 1.807) is 12.1 Å². The summed E-state index contributed by atoms with van der Waals surface area (Å²) in [5, 5.41) is 4.02. The van der Waals surface area contributed by atoms with Crippen LogP contribution in [0.3, 0.4) is 0 Å². The summed E-state index contributed by atoms with van der Waals surface area (Å²) in [6, 6.07) is 18.9. The van der Waals surface area contributed by atoms with Gasteiger partial charge in [0.15, 0.2) is 0 Å². The van der Waals surface area contributed by atoms with Crippen LogP contribution in [0.2, 0.25) is 0 Å². The van der Waals surface area contributed by atoms with Gasteiger partial charge in [-0.05, 0) is 119 Å². The minimum Gasteiger partial charge on any atom is -0.744 e. The van der Waals surface area contributed by atoms with Gasteiger partial charge in [-0.1, -0.05) is 449 Å². The maximum Gasteiger partial charge on any atom is 2.00 e. The number of rotatable bonds is 70. The molecule has 6 nitrogen and oxygen atoms in total. The van der Waals surface area contributed by atoms with Gasteiger partial charge in [0.1, 0.15) is 20.2 Å². The Kier molecular flexibility index (Phi) is 63.5. The van der Waals surface area contributed by atoms with Crippen molar-refractivity contribution < 1.29 is 25.9 Å². The number of fused-ring (bicyclic) bond motifs is 2. The van der Waals surface area contributed by atoms with E-state index in [-0.39, 0.29) is 58.7 Å². The number of hydrogen-bond donors (Lipinski definition) is 0. The quantitative estimate of drug-likeness (QED) is 0.0247. The smallest absolute Gasteiger partial charge is 0.744 e. The zero-order valence-electron chi connectivity index (χ0n) is 66.8. The summed E-state index contributed by atoms with van der Waals surface area (Å²) >= 11 is 0. The average molecular weight is 1560 g/mol. The van der Waals surface area contributed by atoms with Gasteiger partial charge in [0.2, 0.25) is 0 Å². The van der Waals surface area contributed by atoms with Crippen molar-refractivity contribution in [2.75, 3.05) is 0 Å². The largest absolute Gasteiger partial charge is 2.00 e. The Morgan fingerprint density at radius 3 is 0.564 bits per heavy atom. The second-order valence-corrected chi connectivity index (χ2v) is 34.2. The molecule has 101 heavy (non-hydrogen) atoms. The summed E-state index contributed by atoms with van der Waals surface area (Å²) in [7, 11) is -8.92. The van der Waals surface area contributed by atoms with Gasteiger partial charge in [0.25, 0.3) is 0 Å². The van der Waals surface area contributed by atoms with Gasteiger partial charge in [-0.2, -0.15) is 0 Å². The summed E-state index contributed by atoms with van der Waals surface area (Å²) in [4.78, 5) is -0.226. The van der Waals surface area contributed by atoms with E-state index in [9.17, 15) is 25.9 Å². The summed E-state index contributed by atoms with van der Waals surface area (Å²) in [5.74, 6) is 0. The monoisotopic (exact) mass is 1560 g/mol. The van der Waals surface area contributed by atoms with E-state index in [0.717, 1.165) is 60.1 Å². The van der Waals surface area contributed by atoms with E-state index in [2.05, 4.69) is 52.0 Å². The molecular formula is C92H158BaO6S2. The minimum atomic E-state index is -4.46. The Balaban J connectivity index is 0.000000680. The molecule has 0 bridgehead atoms. The van der Waals surface area contributed by atoms with Crippen LogP contribution in [-0.4, -0.2) is 74.8 Å². The zero-order valence-corrected chi connectivity index (χ0v) is 72.9. The van der Waals surface area contributed by atoms with Crippen LogP contribution in [0.4, 0.5) is 0 Å². The van der Waals surface area contributed by atoms with Crippen LogP contribution in [0.1, 0.15) is 461 Å². The summed E-state index contributed by atoms with van der Waals surface area (Å²) < 4.78 is 70.6. The molecule has 0 aliphatic heterocycles. The van der Waals surface area contributed by atoms with Crippen LogP contribution < -0.4 is 0 Å². The third-order valence-electron chi connectivity index (χ3n) is 22.0. The van der Waals surface area contributed by atoms with Gasteiger partial charge < -0.3 is 9.11 Å². The van der Waals surface area contributed by atoms with Gasteiger partial charge in [0, 0.05) is 0 Å². The first-order chi connectivity index (χ1) is 48.9. The van der Waals surface area contributed by atoms with Crippen LogP contribution in [-0.2, 0) is 45.9 Å². The molecular weight excluding hydrogens is 1400 g/mol. The second-order valence-electron chi connectivity index (χ2n) is 31.4. The molecule has 0 aliphatic carbocycles. The molecule has 9 heteroatoms. The molecule has 0 atom stereocenters. The van der Waals surface area contributed by atoms with Crippen molar-refractivity contribution in [2.24, 2.45) is 0 Å². The Hall–Kier alpha value is -1.21. The molecule has 0 aromatic heterocycles. The molecule has 0 fully saturated rings. The normalized spacial score (nSPS) is 11.9. The van der Waals surface area contributed by atoms with E-state index in [1.165, 1.54) is 432 Å². The van der Waals surface area contributed by atoms with Gasteiger partial charge in [0.05, 0.1) is 9.79 Å². The number of aryl methyl sites for hydroxylation is 4. The first kappa shape index (κ1) is 95.9. The van der Waals surface area contributed by atoms with Crippen molar-refractivity contribution in [3.8, 4) is 0 Å². The van der Waals surface area contributed by atoms with Crippen LogP contribution in [0.15, 0.2) is 70.5 Å². The fourth-order valence-electron chi connectivity index (χ4n) is 15.5. The van der Waals surface area contributed by atoms with E-state index in [0.29, 0.717) is 0 Å². The molecule has 0 radical (unpaired) electrons. The topological polar surface area (TPSA) is 114 Å². The maximum absolute atomic E-state index is 11.8. The Labute approximate surface area is 667 Å². The van der Waals surface area contributed by atoms with Crippen molar-refractivity contribution in [3.63, 3.8) is 0 Å². The predicted molar refractivity (Wildman–Crippen MR) is 443 cm³/mol. The van der Waals surface area contributed by atoms with Crippen molar-refractivity contribution in [3.05, 3.63) is 82.9 Å².